The van der Waals surface area contributed by atoms with Gasteiger partial charge in [0.05, 0.1) is 13.2 Å². The average molecular weight is 403 g/mol. The molecule has 0 aromatic rings. The van der Waals surface area contributed by atoms with Crippen LogP contribution in [0.2, 0.25) is 38.3 Å². The summed E-state index contributed by atoms with van der Waals surface area (Å²) < 4.78 is 17.6. The van der Waals surface area contributed by atoms with Crippen LogP contribution in [0.3, 0.4) is 0 Å². The minimum absolute atomic E-state index is 0.387. The van der Waals surface area contributed by atoms with E-state index in [1.54, 1.807) is 0 Å². The summed E-state index contributed by atoms with van der Waals surface area (Å²) in [5.74, 6) is 0.866. The quantitative estimate of drug-likeness (QED) is 0.156. The maximum atomic E-state index is 6.73. The van der Waals surface area contributed by atoms with Gasteiger partial charge in [-0.05, 0) is 50.6 Å². The average Bonchev–Trinajstić information content (AvgIpc) is 3.32. The molecule has 1 fully saturated rings. The molecule has 0 aromatic heterocycles. The summed E-state index contributed by atoms with van der Waals surface area (Å²) in [6, 6.07) is 2.54. The topological polar surface area (TPSA) is 31.0 Å². The molecule has 0 spiro atoms. The normalized spacial score (nSPS) is 17.9. The Kier molecular flexibility index (Phi) is 11.9. The van der Waals surface area contributed by atoms with Crippen LogP contribution in [-0.4, -0.2) is 42.6 Å². The van der Waals surface area contributed by atoms with Crippen molar-refractivity contribution in [2.24, 2.45) is 5.92 Å². The van der Waals surface area contributed by atoms with E-state index in [2.05, 4.69) is 40.0 Å². The smallest absolute Gasteiger partial charge is 0.173 e. The Balaban J connectivity index is 2.02. The number of hydrogen-bond acceptors (Lipinski definition) is 3. The molecule has 1 aliphatic rings. The molecule has 0 saturated carbocycles. The third-order valence-electron chi connectivity index (χ3n) is 5.14. The highest BCUT2D eigenvalue weighted by atomic mass is 28.4. The minimum Gasteiger partial charge on any atom is -0.455 e. The second-order valence-corrected chi connectivity index (χ2v) is 18.7. The summed E-state index contributed by atoms with van der Waals surface area (Å²) in [6.07, 6.45) is 11.3. The van der Waals surface area contributed by atoms with Gasteiger partial charge in [-0.25, -0.2) is 0 Å². The van der Waals surface area contributed by atoms with Gasteiger partial charge in [0.25, 0.3) is 0 Å². The van der Waals surface area contributed by atoms with E-state index in [1.165, 1.54) is 57.0 Å². The fourth-order valence-corrected chi connectivity index (χ4v) is 12.5. The molecular formula is C21H46O3Si2. The number of ether oxygens (including phenoxy) is 2. The van der Waals surface area contributed by atoms with Crippen LogP contribution in [0.15, 0.2) is 0 Å². The van der Waals surface area contributed by atoms with Gasteiger partial charge in [0, 0.05) is 6.61 Å². The van der Waals surface area contributed by atoms with E-state index in [0.29, 0.717) is 6.10 Å². The molecule has 1 unspecified atom stereocenters. The van der Waals surface area contributed by atoms with Crippen molar-refractivity contribution in [3.8, 4) is 0 Å². The highest BCUT2D eigenvalue weighted by Gasteiger charge is 2.32. The van der Waals surface area contributed by atoms with Crippen molar-refractivity contribution in [1.29, 1.82) is 0 Å². The molecule has 0 aromatic carbocycles. The lowest BCUT2D eigenvalue weighted by atomic mass is 10.0. The zero-order valence-electron chi connectivity index (χ0n) is 18.6. The molecule has 1 aliphatic heterocycles. The predicted octanol–water partition coefficient (Wildman–Crippen LogP) is 6.61. The van der Waals surface area contributed by atoms with E-state index in [4.69, 9.17) is 13.6 Å². The predicted molar refractivity (Wildman–Crippen MR) is 118 cm³/mol. The Bertz CT molecular complexity index is 355. The highest BCUT2D eigenvalue weighted by molar-refractivity contribution is 6.84. The lowest BCUT2D eigenvalue weighted by Gasteiger charge is -2.34. The van der Waals surface area contributed by atoms with E-state index >= 15 is 0 Å². The molecule has 0 N–H and O–H groups in total. The monoisotopic (exact) mass is 402 g/mol. The van der Waals surface area contributed by atoms with E-state index in [0.717, 1.165) is 32.2 Å². The Morgan fingerprint density at radius 1 is 0.846 bits per heavy atom. The Labute approximate surface area is 165 Å². The van der Waals surface area contributed by atoms with E-state index < -0.39 is 16.6 Å². The Morgan fingerprint density at radius 2 is 1.38 bits per heavy atom. The number of epoxide rings is 1. The second-order valence-electron chi connectivity index (χ2n) is 9.81. The van der Waals surface area contributed by atoms with E-state index in [1.807, 2.05) is 0 Å². The first kappa shape index (κ1) is 24.4. The van der Waals surface area contributed by atoms with Gasteiger partial charge in [0.15, 0.2) is 16.6 Å². The Hall–Kier alpha value is 0.314. The van der Waals surface area contributed by atoms with Gasteiger partial charge in [-0.1, -0.05) is 58.8 Å². The molecule has 1 heterocycles. The molecule has 0 amide bonds. The van der Waals surface area contributed by atoms with Crippen LogP contribution in [0.5, 0.6) is 0 Å². The summed E-state index contributed by atoms with van der Waals surface area (Å²) in [5.41, 5.74) is 0. The van der Waals surface area contributed by atoms with Crippen LogP contribution >= 0.6 is 0 Å². The van der Waals surface area contributed by atoms with Gasteiger partial charge in [0.1, 0.15) is 6.10 Å². The SMILES string of the molecule is CC(C)CCCCCCCC[Si](C)(C)O[Si](C)(C)CCCOCC1CO1. The third-order valence-corrected chi connectivity index (χ3v) is 12.7. The molecule has 1 atom stereocenters. The van der Waals surface area contributed by atoms with Gasteiger partial charge in [0.2, 0.25) is 0 Å². The molecule has 0 aliphatic carbocycles. The van der Waals surface area contributed by atoms with Crippen molar-refractivity contribution in [3.05, 3.63) is 0 Å². The largest absolute Gasteiger partial charge is 0.455 e. The van der Waals surface area contributed by atoms with Crippen molar-refractivity contribution in [1.82, 2.24) is 0 Å². The first-order chi connectivity index (χ1) is 12.2. The van der Waals surface area contributed by atoms with Crippen LogP contribution in [0.1, 0.15) is 65.2 Å². The third kappa shape index (κ3) is 14.4. The zero-order valence-corrected chi connectivity index (χ0v) is 20.6. The second kappa shape index (κ2) is 12.7. The van der Waals surface area contributed by atoms with Gasteiger partial charge in [-0.2, -0.15) is 0 Å². The van der Waals surface area contributed by atoms with Crippen molar-refractivity contribution >= 4 is 16.6 Å². The molecule has 3 nitrogen and oxygen atoms in total. The Morgan fingerprint density at radius 3 is 1.96 bits per heavy atom. The highest BCUT2D eigenvalue weighted by Crippen LogP contribution is 2.25. The molecule has 156 valence electrons. The molecule has 26 heavy (non-hydrogen) atoms. The summed E-state index contributed by atoms with van der Waals surface area (Å²) in [4.78, 5) is 0. The van der Waals surface area contributed by atoms with Gasteiger partial charge in [-0.3, -0.25) is 0 Å². The van der Waals surface area contributed by atoms with E-state index in [9.17, 15) is 0 Å². The van der Waals surface area contributed by atoms with Crippen molar-refractivity contribution < 1.29 is 13.6 Å². The molecular weight excluding hydrogens is 356 g/mol. The molecule has 0 bridgehead atoms. The lowest BCUT2D eigenvalue weighted by molar-refractivity contribution is 0.116. The zero-order chi connectivity index (χ0) is 19.5. The summed E-state index contributed by atoms with van der Waals surface area (Å²) in [5, 5.41) is 0. The van der Waals surface area contributed by atoms with Crippen molar-refractivity contribution in [3.63, 3.8) is 0 Å². The van der Waals surface area contributed by atoms with Crippen LogP contribution in [-0.2, 0) is 13.6 Å². The summed E-state index contributed by atoms with van der Waals surface area (Å²) in [6.45, 7) is 16.8. The number of hydrogen-bond donors (Lipinski definition) is 0. The maximum absolute atomic E-state index is 6.73. The van der Waals surface area contributed by atoms with Crippen LogP contribution in [0.25, 0.3) is 0 Å². The fraction of sp³-hybridized carbons (Fsp3) is 1.00. The maximum Gasteiger partial charge on any atom is 0.173 e. The van der Waals surface area contributed by atoms with Crippen LogP contribution < -0.4 is 0 Å². The van der Waals surface area contributed by atoms with Crippen LogP contribution in [0.4, 0.5) is 0 Å². The lowest BCUT2D eigenvalue weighted by Crippen LogP contribution is -2.44. The summed E-state index contributed by atoms with van der Waals surface area (Å²) >= 11 is 0. The van der Waals surface area contributed by atoms with Crippen LogP contribution in [0, 0.1) is 5.92 Å². The standard InChI is InChI=1S/C21H46O3Si2/c1-20(2)14-11-9-7-8-10-12-16-25(3,4)24-26(5,6)17-13-15-22-18-21-19-23-21/h20-21H,7-19H2,1-6H3. The first-order valence-corrected chi connectivity index (χ1v) is 17.3. The first-order valence-electron chi connectivity index (χ1n) is 11.1. The van der Waals surface area contributed by atoms with Gasteiger partial charge in [-0.15, -0.1) is 0 Å². The minimum atomic E-state index is -1.55. The summed E-state index contributed by atoms with van der Waals surface area (Å²) in [7, 11) is -3.05. The van der Waals surface area contributed by atoms with E-state index in [-0.39, 0.29) is 0 Å². The molecule has 1 saturated heterocycles. The number of rotatable bonds is 17. The molecule has 0 radical (unpaired) electrons. The molecule has 5 heteroatoms. The van der Waals surface area contributed by atoms with Gasteiger partial charge < -0.3 is 13.6 Å². The van der Waals surface area contributed by atoms with Crippen molar-refractivity contribution in [2.45, 2.75) is 110 Å². The van der Waals surface area contributed by atoms with Crippen molar-refractivity contribution in [2.75, 3.05) is 19.8 Å². The van der Waals surface area contributed by atoms with Gasteiger partial charge >= 0.3 is 0 Å². The number of unbranched alkanes of at least 4 members (excludes halogenated alkanes) is 5. The fourth-order valence-electron chi connectivity index (χ4n) is 3.64. The molecule has 1 rings (SSSR count).